The molecule has 6 nitrogen and oxygen atoms in total. The summed E-state index contributed by atoms with van der Waals surface area (Å²) in [5.41, 5.74) is 0.501. The van der Waals surface area contributed by atoms with Gasteiger partial charge >= 0.3 is 6.09 Å². The van der Waals surface area contributed by atoms with Crippen molar-refractivity contribution >= 4 is 17.7 Å². The van der Waals surface area contributed by atoms with Gasteiger partial charge in [0.2, 0.25) is 0 Å². The van der Waals surface area contributed by atoms with Crippen molar-refractivity contribution < 1.29 is 42.8 Å². The number of quaternary nitrogens is 1. The number of benzene rings is 1. The van der Waals surface area contributed by atoms with E-state index in [1.807, 2.05) is 7.05 Å². The van der Waals surface area contributed by atoms with Crippen LogP contribution in [0.4, 0.5) is 10.5 Å². The third kappa shape index (κ3) is 6.74. The molecule has 23 heavy (non-hydrogen) atoms. The Morgan fingerprint density at radius 2 is 1.74 bits per heavy atom. The van der Waals surface area contributed by atoms with E-state index in [1.165, 1.54) is 4.90 Å². The lowest BCUT2D eigenvalue weighted by Crippen LogP contribution is -3.00. The zero-order valence-corrected chi connectivity index (χ0v) is 16.6. The van der Waals surface area contributed by atoms with Crippen LogP contribution in [0.5, 0.6) is 5.75 Å². The van der Waals surface area contributed by atoms with Gasteiger partial charge in [0, 0.05) is 14.1 Å². The fourth-order valence-electron chi connectivity index (χ4n) is 1.83. The minimum absolute atomic E-state index is 0. The molecule has 0 fully saturated rings. The molecule has 0 spiro atoms. The predicted molar refractivity (Wildman–Crippen MR) is 86.9 cm³/mol. The fraction of sp³-hybridized carbons (Fsp3) is 0.500. The van der Waals surface area contributed by atoms with Crippen LogP contribution in [0.15, 0.2) is 24.3 Å². The lowest BCUT2D eigenvalue weighted by atomic mass is 10.3. The summed E-state index contributed by atoms with van der Waals surface area (Å²) in [6.07, 6.45) is -0.482. The van der Waals surface area contributed by atoms with Crippen LogP contribution >= 0.6 is 0 Å². The molecule has 2 amide bonds. The molecule has 1 aromatic carbocycles. The minimum Gasteiger partial charge on any atom is -1.00 e. The van der Waals surface area contributed by atoms with E-state index in [-0.39, 0.29) is 29.9 Å². The molecule has 0 aliphatic carbocycles. The van der Waals surface area contributed by atoms with Crippen molar-refractivity contribution in [3.8, 4) is 5.75 Å². The van der Waals surface area contributed by atoms with Crippen molar-refractivity contribution in [3.05, 3.63) is 24.3 Å². The molecule has 0 radical (unpaired) electrons. The summed E-state index contributed by atoms with van der Waals surface area (Å²) in [6, 6.07) is 6.92. The van der Waals surface area contributed by atoms with Crippen LogP contribution in [0.2, 0.25) is 0 Å². The van der Waals surface area contributed by atoms with E-state index in [9.17, 15) is 9.59 Å². The Bertz CT molecular complexity index is 531. The number of rotatable bonds is 6. The normalized spacial score (nSPS) is 10.5. The van der Waals surface area contributed by atoms with E-state index in [0.29, 0.717) is 22.5 Å². The van der Waals surface area contributed by atoms with Gasteiger partial charge in [0.1, 0.15) is 0 Å². The maximum Gasteiger partial charge on any atom is 0.414 e. The fourth-order valence-corrected chi connectivity index (χ4v) is 1.83. The Kier molecular flexibility index (Phi) is 9.14. The molecule has 7 heteroatoms. The van der Waals surface area contributed by atoms with Crippen LogP contribution in [-0.2, 0) is 4.79 Å². The molecule has 0 atom stereocenters. The van der Waals surface area contributed by atoms with Crippen LogP contribution in [0.1, 0.15) is 13.8 Å². The molecular weight excluding hydrogens is 409 g/mol. The zero-order valence-electron chi connectivity index (χ0n) is 14.4. The van der Waals surface area contributed by atoms with Gasteiger partial charge in [-0.05, 0) is 26.0 Å². The van der Waals surface area contributed by atoms with Gasteiger partial charge < -0.3 is 43.4 Å². The number of carbonyl (C=O) groups excluding carboxylic acids is 2. The molecule has 0 saturated heterocycles. The molecular formula is C16H26IN3O3. The summed E-state index contributed by atoms with van der Waals surface area (Å²) in [6.45, 7) is 6.25. The average molecular weight is 435 g/mol. The van der Waals surface area contributed by atoms with E-state index in [0.717, 1.165) is 13.1 Å². The van der Waals surface area contributed by atoms with Gasteiger partial charge in [0.25, 0.3) is 5.91 Å². The summed E-state index contributed by atoms with van der Waals surface area (Å²) in [4.78, 5) is 25.2. The lowest BCUT2D eigenvalue weighted by Gasteiger charge is -2.31. The second kappa shape index (κ2) is 9.71. The van der Waals surface area contributed by atoms with Gasteiger partial charge in [0.15, 0.2) is 12.3 Å². The summed E-state index contributed by atoms with van der Waals surface area (Å²) >= 11 is 0. The molecule has 0 unspecified atom stereocenters. The first-order chi connectivity index (χ1) is 10.3. The van der Waals surface area contributed by atoms with E-state index >= 15 is 0 Å². The molecule has 1 rings (SSSR count). The summed E-state index contributed by atoms with van der Waals surface area (Å²) in [7, 11) is 5.25. The molecule has 0 saturated carbocycles. The minimum atomic E-state index is -0.482. The van der Waals surface area contributed by atoms with Crippen LogP contribution in [0.25, 0.3) is 0 Å². The molecule has 1 N–H and O–H groups in total. The van der Waals surface area contributed by atoms with Crippen molar-refractivity contribution in [2.24, 2.45) is 0 Å². The predicted octanol–water partition coefficient (Wildman–Crippen LogP) is -0.824. The first-order valence-electron chi connectivity index (χ1n) is 7.43. The maximum absolute atomic E-state index is 12.2. The Balaban J connectivity index is 0.00000484. The van der Waals surface area contributed by atoms with E-state index in [1.54, 1.807) is 38.4 Å². The number of hydrogen-bond donors (Lipinski definition) is 1. The molecule has 130 valence electrons. The SMILES string of the molecule is CC[N+](C)(CC)CC(=O)Nc1ccccc1OC(=O)N(C)C.[I-]. The second-order valence-corrected chi connectivity index (χ2v) is 5.72. The number of nitrogens with one attached hydrogen (secondary N) is 1. The highest BCUT2D eigenvalue weighted by molar-refractivity contribution is 5.93. The Morgan fingerprint density at radius 3 is 2.26 bits per heavy atom. The van der Waals surface area contributed by atoms with E-state index in [2.05, 4.69) is 19.2 Å². The number of amides is 2. The van der Waals surface area contributed by atoms with Gasteiger partial charge in [-0.1, -0.05) is 12.1 Å². The van der Waals surface area contributed by atoms with Crippen LogP contribution in [0.3, 0.4) is 0 Å². The molecule has 0 aliphatic rings. The van der Waals surface area contributed by atoms with Gasteiger partial charge in [-0.2, -0.15) is 0 Å². The van der Waals surface area contributed by atoms with Crippen molar-refractivity contribution in [1.29, 1.82) is 0 Å². The largest absolute Gasteiger partial charge is 1.00 e. The number of nitrogens with zero attached hydrogens (tertiary/aromatic N) is 2. The highest BCUT2D eigenvalue weighted by atomic mass is 127. The molecule has 1 aromatic rings. The number of halogens is 1. The van der Waals surface area contributed by atoms with Crippen LogP contribution in [0, 0.1) is 0 Å². The standard InChI is InChI=1S/C16H25N3O3.HI/c1-6-19(5,7-2)12-15(20)17-13-10-8-9-11-14(13)22-16(21)18(3)4;/h8-11H,6-7,12H2,1-5H3;1H. The van der Waals surface area contributed by atoms with Gasteiger partial charge in [0.05, 0.1) is 25.8 Å². The quantitative estimate of drug-likeness (QED) is 0.469. The summed E-state index contributed by atoms with van der Waals surface area (Å²) in [5, 5.41) is 2.83. The van der Waals surface area contributed by atoms with Gasteiger partial charge in [-0.3, -0.25) is 4.79 Å². The number of carbonyl (C=O) groups is 2. The first kappa shape index (κ1) is 21.6. The molecule has 0 bridgehead atoms. The molecule has 0 aromatic heterocycles. The zero-order chi connectivity index (χ0) is 16.8. The average Bonchev–Trinajstić information content (AvgIpc) is 2.48. The number of likely N-dealkylation sites (N-methyl/N-ethyl adjacent to an activating group) is 1. The maximum atomic E-state index is 12.2. The van der Waals surface area contributed by atoms with Gasteiger partial charge in [-0.25, -0.2) is 4.79 Å². The number of para-hydroxylation sites is 2. The summed E-state index contributed by atoms with van der Waals surface area (Å²) < 4.78 is 5.92. The Morgan fingerprint density at radius 1 is 1.17 bits per heavy atom. The lowest BCUT2D eigenvalue weighted by molar-refractivity contribution is -0.898. The van der Waals surface area contributed by atoms with Crippen molar-refractivity contribution in [2.45, 2.75) is 13.8 Å². The van der Waals surface area contributed by atoms with Crippen molar-refractivity contribution in [2.75, 3.05) is 46.1 Å². The third-order valence-corrected chi connectivity index (χ3v) is 3.78. The van der Waals surface area contributed by atoms with Crippen LogP contribution < -0.4 is 34.0 Å². The first-order valence-corrected chi connectivity index (χ1v) is 7.43. The smallest absolute Gasteiger partial charge is 0.414 e. The highest BCUT2D eigenvalue weighted by Gasteiger charge is 2.22. The van der Waals surface area contributed by atoms with E-state index in [4.69, 9.17) is 4.74 Å². The van der Waals surface area contributed by atoms with E-state index < -0.39 is 6.09 Å². The molecule has 0 aliphatic heterocycles. The Hall–Kier alpha value is -1.35. The monoisotopic (exact) mass is 435 g/mol. The van der Waals surface area contributed by atoms with Crippen LogP contribution in [-0.4, -0.2) is 62.2 Å². The van der Waals surface area contributed by atoms with Crippen molar-refractivity contribution in [3.63, 3.8) is 0 Å². The highest BCUT2D eigenvalue weighted by Crippen LogP contribution is 2.24. The number of anilines is 1. The molecule has 0 heterocycles. The van der Waals surface area contributed by atoms with Gasteiger partial charge in [-0.15, -0.1) is 0 Å². The topological polar surface area (TPSA) is 58.6 Å². The third-order valence-electron chi connectivity index (χ3n) is 3.78. The number of ether oxygens (including phenoxy) is 1. The Labute approximate surface area is 155 Å². The second-order valence-electron chi connectivity index (χ2n) is 5.72. The van der Waals surface area contributed by atoms with Crippen molar-refractivity contribution in [1.82, 2.24) is 4.90 Å². The number of hydrogen-bond acceptors (Lipinski definition) is 3. The summed E-state index contributed by atoms with van der Waals surface area (Å²) in [5.74, 6) is 0.247.